The molecule has 0 unspecified atom stereocenters. The molecule has 0 radical (unpaired) electrons. The van der Waals surface area contributed by atoms with Crippen molar-refractivity contribution >= 4 is 17.3 Å². The van der Waals surface area contributed by atoms with E-state index in [1.165, 1.54) is 5.57 Å². The van der Waals surface area contributed by atoms with Gasteiger partial charge >= 0.3 is 0 Å². The van der Waals surface area contributed by atoms with Crippen molar-refractivity contribution in [2.45, 2.75) is 77.4 Å². The van der Waals surface area contributed by atoms with Gasteiger partial charge < -0.3 is 15.1 Å². The molecule has 0 bridgehead atoms. The van der Waals surface area contributed by atoms with Crippen molar-refractivity contribution in [1.82, 2.24) is 0 Å². The molecule has 0 aliphatic heterocycles. The molecule has 0 heterocycles. The van der Waals surface area contributed by atoms with E-state index in [4.69, 9.17) is 16.4 Å². The normalized spacial score (nSPS) is 47.8. The molecule has 152 valence electrons. The van der Waals surface area contributed by atoms with Crippen molar-refractivity contribution in [2.75, 3.05) is 12.5 Å². The topological polar surface area (TPSA) is 62.0 Å². The maximum Gasteiger partial charge on any atom is 0.118 e. The van der Waals surface area contributed by atoms with Crippen molar-refractivity contribution in [2.24, 2.45) is 33.7 Å². The van der Waals surface area contributed by atoms with Crippen LogP contribution in [0, 0.1) is 28.6 Å². The van der Waals surface area contributed by atoms with E-state index in [9.17, 15) is 10.2 Å². The number of nitrogens with zero attached hydrogens (tertiary/aromatic N) is 1. The highest BCUT2D eigenvalue weighted by molar-refractivity contribution is 6.17. The van der Waals surface area contributed by atoms with E-state index in [1.54, 1.807) is 0 Å². The highest BCUT2D eigenvalue weighted by atomic mass is 35.5. The first-order chi connectivity index (χ1) is 12.9. The van der Waals surface area contributed by atoms with Crippen LogP contribution in [0.25, 0.3) is 0 Å². The molecule has 0 spiro atoms. The summed E-state index contributed by atoms with van der Waals surface area (Å²) in [6.45, 7) is 5.23. The molecule has 3 saturated carbocycles. The van der Waals surface area contributed by atoms with Gasteiger partial charge in [0.2, 0.25) is 0 Å². The molecule has 0 amide bonds. The second kappa shape index (κ2) is 7.35. The zero-order valence-corrected chi connectivity index (χ0v) is 17.4. The monoisotopic (exact) mass is 395 g/mol. The number of hydrogen-bond donors (Lipinski definition) is 2. The third kappa shape index (κ3) is 3.16. The molecule has 7 atom stereocenters. The largest absolute Gasteiger partial charge is 0.396 e. The predicted octanol–water partition coefficient (Wildman–Crippen LogP) is 4.28. The zero-order chi connectivity index (χ0) is 19.2. The minimum absolute atomic E-state index is 0.00599. The van der Waals surface area contributed by atoms with E-state index in [-0.39, 0.29) is 23.0 Å². The van der Waals surface area contributed by atoms with Crippen LogP contribution in [0.1, 0.15) is 65.2 Å². The minimum atomic E-state index is -0.235. The first-order valence-corrected chi connectivity index (χ1v) is 11.3. The summed E-state index contributed by atoms with van der Waals surface area (Å²) in [5.41, 5.74) is 2.53. The van der Waals surface area contributed by atoms with Crippen molar-refractivity contribution in [3.63, 3.8) is 0 Å². The van der Waals surface area contributed by atoms with Crippen LogP contribution in [-0.4, -0.2) is 40.6 Å². The molecule has 3 fully saturated rings. The van der Waals surface area contributed by atoms with Gasteiger partial charge in [-0.15, -0.1) is 11.6 Å². The molecule has 4 nitrogen and oxygen atoms in total. The third-order valence-electron chi connectivity index (χ3n) is 8.43. The molecule has 2 N–H and O–H groups in total. The standard InChI is InChI=1S/C22H34ClNO3/c1-21-8-6-15(25)12-14(21)13-18(24-27-11-3-10-23)20-16-4-5-19(26)22(16,2)9-7-17(20)21/h13,15-17,19-20,25-26H,3-12H2,1-2H3/t15-,16-,17-,19-,20-,21-,22-/m0/s1. The Bertz CT molecular complexity index is 635. The fourth-order valence-corrected chi connectivity index (χ4v) is 6.81. The van der Waals surface area contributed by atoms with Crippen LogP contribution in [-0.2, 0) is 4.84 Å². The molecular formula is C22H34ClNO3. The Hall–Kier alpha value is -0.580. The van der Waals surface area contributed by atoms with E-state index in [2.05, 4.69) is 25.1 Å². The van der Waals surface area contributed by atoms with Gasteiger partial charge in [-0.25, -0.2) is 0 Å². The smallest absolute Gasteiger partial charge is 0.118 e. The highest BCUT2D eigenvalue weighted by Gasteiger charge is 2.60. The Labute approximate surface area is 168 Å². The summed E-state index contributed by atoms with van der Waals surface area (Å²) in [6.07, 6.45) is 9.47. The van der Waals surface area contributed by atoms with Crippen molar-refractivity contribution < 1.29 is 15.1 Å². The average molecular weight is 396 g/mol. The van der Waals surface area contributed by atoms with Gasteiger partial charge in [0, 0.05) is 11.8 Å². The van der Waals surface area contributed by atoms with Gasteiger partial charge in [-0.05, 0) is 80.1 Å². The molecular weight excluding hydrogens is 362 g/mol. The van der Waals surface area contributed by atoms with E-state index >= 15 is 0 Å². The van der Waals surface area contributed by atoms with Crippen LogP contribution in [0.2, 0.25) is 0 Å². The molecule has 4 aliphatic carbocycles. The summed E-state index contributed by atoms with van der Waals surface area (Å²) in [5.74, 6) is 1.92. The summed E-state index contributed by atoms with van der Waals surface area (Å²) >= 11 is 5.77. The Kier molecular flexibility index (Phi) is 5.37. The summed E-state index contributed by atoms with van der Waals surface area (Å²) in [5, 5.41) is 25.5. The van der Waals surface area contributed by atoms with E-state index in [1.807, 2.05) is 0 Å². The second-order valence-corrected chi connectivity index (χ2v) is 10.1. The SMILES string of the molecule is C[C@]12CC[C@H]3[C@@H](C(=NOCCCCl)C=C4C[C@@H](O)CC[C@@]43C)[C@@H]1CC[C@@H]2O. The van der Waals surface area contributed by atoms with E-state index in [0.29, 0.717) is 30.2 Å². The predicted molar refractivity (Wildman–Crippen MR) is 108 cm³/mol. The lowest BCUT2D eigenvalue weighted by Crippen LogP contribution is -2.54. The third-order valence-corrected chi connectivity index (χ3v) is 8.69. The average Bonchev–Trinajstić information content (AvgIpc) is 2.95. The Morgan fingerprint density at radius 1 is 1.15 bits per heavy atom. The number of aliphatic hydroxyl groups excluding tert-OH is 2. The molecule has 4 rings (SSSR count). The number of halogens is 1. The number of allylic oxidation sites excluding steroid dienone is 1. The Morgan fingerprint density at radius 2 is 1.96 bits per heavy atom. The fourth-order valence-electron chi connectivity index (χ4n) is 6.70. The van der Waals surface area contributed by atoms with Crippen LogP contribution < -0.4 is 0 Å². The molecule has 0 saturated heterocycles. The number of hydrogen-bond acceptors (Lipinski definition) is 4. The number of oxime groups is 1. The molecule has 0 aromatic heterocycles. The molecule has 5 heteroatoms. The Balaban J connectivity index is 1.71. The van der Waals surface area contributed by atoms with Crippen LogP contribution in [0.5, 0.6) is 0 Å². The van der Waals surface area contributed by atoms with Gasteiger partial charge in [0.15, 0.2) is 0 Å². The van der Waals surface area contributed by atoms with Gasteiger partial charge in [-0.2, -0.15) is 0 Å². The van der Waals surface area contributed by atoms with Crippen molar-refractivity contribution in [1.29, 1.82) is 0 Å². The van der Waals surface area contributed by atoms with Crippen LogP contribution in [0.4, 0.5) is 0 Å². The highest BCUT2D eigenvalue weighted by Crippen LogP contribution is 2.64. The zero-order valence-electron chi connectivity index (χ0n) is 16.7. The van der Waals surface area contributed by atoms with E-state index < -0.39 is 0 Å². The van der Waals surface area contributed by atoms with Crippen molar-refractivity contribution in [3.05, 3.63) is 11.6 Å². The lowest BCUT2D eigenvalue weighted by atomic mass is 9.47. The maximum atomic E-state index is 10.7. The molecule has 4 aliphatic rings. The van der Waals surface area contributed by atoms with Crippen LogP contribution >= 0.6 is 11.6 Å². The first-order valence-electron chi connectivity index (χ1n) is 10.7. The number of fused-ring (bicyclic) bond motifs is 5. The summed E-state index contributed by atoms with van der Waals surface area (Å²) in [6, 6.07) is 0. The van der Waals surface area contributed by atoms with Crippen molar-refractivity contribution in [3.8, 4) is 0 Å². The minimum Gasteiger partial charge on any atom is -0.396 e. The Morgan fingerprint density at radius 3 is 2.74 bits per heavy atom. The van der Waals surface area contributed by atoms with Gasteiger partial charge in [0.25, 0.3) is 0 Å². The fraction of sp³-hybridized carbons (Fsp3) is 0.864. The molecule has 0 aromatic carbocycles. The first kappa shape index (κ1) is 19.7. The van der Waals surface area contributed by atoms with Gasteiger partial charge in [0.05, 0.1) is 17.9 Å². The second-order valence-electron chi connectivity index (χ2n) is 9.75. The van der Waals surface area contributed by atoms with Gasteiger partial charge in [0.1, 0.15) is 6.61 Å². The maximum absolute atomic E-state index is 10.7. The number of rotatable bonds is 4. The lowest BCUT2D eigenvalue weighted by Gasteiger charge is -2.57. The number of aliphatic hydroxyl groups is 2. The van der Waals surface area contributed by atoms with Gasteiger partial charge in [-0.1, -0.05) is 24.6 Å². The molecule has 0 aromatic rings. The lowest BCUT2D eigenvalue weighted by molar-refractivity contribution is -0.0495. The number of alkyl halides is 1. The van der Waals surface area contributed by atoms with Gasteiger partial charge in [-0.3, -0.25) is 0 Å². The summed E-state index contributed by atoms with van der Waals surface area (Å²) in [4.78, 5) is 5.64. The van der Waals surface area contributed by atoms with Crippen LogP contribution in [0.15, 0.2) is 16.8 Å². The van der Waals surface area contributed by atoms with Crippen LogP contribution in [0.3, 0.4) is 0 Å². The molecule has 27 heavy (non-hydrogen) atoms. The quantitative estimate of drug-likeness (QED) is 0.424. The summed E-state index contributed by atoms with van der Waals surface area (Å²) in [7, 11) is 0. The van der Waals surface area contributed by atoms with E-state index in [0.717, 1.165) is 57.1 Å². The summed E-state index contributed by atoms with van der Waals surface area (Å²) < 4.78 is 0.